The van der Waals surface area contributed by atoms with Gasteiger partial charge in [-0.1, -0.05) is 13.8 Å². The fraction of sp³-hybridized carbons (Fsp3) is 0.429. The zero-order chi connectivity index (χ0) is 16.5. The third-order valence-corrected chi connectivity index (χ3v) is 2.88. The van der Waals surface area contributed by atoms with Crippen LogP contribution in [-0.4, -0.2) is 29.2 Å². The molecular formula is C14H15F3N2O3. The van der Waals surface area contributed by atoms with Crippen molar-refractivity contribution in [2.45, 2.75) is 26.8 Å². The number of hydrogen-bond acceptors (Lipinski definition) is 4. The third kappa shape index (κ3) is 3.49. The molecule has 0 radical (unpaired) electrons. The second-order valence-electron chi connectivity index (χ2n) is 5.17. The minimum absolute atomic E-state index is 0.0163. The molecule has 0 N–H and O–H groups in total. The maximum absolute atomic E-state index is 12.4. The van der Waals surface area contributed by atoms with Crippen molar-refractivity contribution in [2.24, 2.45) is 5.92 Å². The minimum atomic E-state index is -4.84. The van der Waals surface area contributed by atoms with E-state index in [0.717, 1.165) is 13.2 Å². The van der Waals surface area contributed by atoms with Crippen molar-refractivity contribution in [3.63, 3.8) is 0 Å². The van der Waals surface area contributed by atoms with Crippen molar-refractivity contribution < 1.29 is 27.4 Å². The lowest BCUT2D eigenvalue weighted by atomic mass is 10.1. The van der Waals surface area contributed by atoms with Crippen molar-refractivity contribution in [2.75, 3.05) is 7.11 Å². The number of esters is 1. The van der Waals surface area contributed by atoms with Gasteiger partial charge in [0.25, 0.3) is 0 Å². The summed E-state index contributed by atoms with van der Waals surface area (Å²) in [6.45, 7) is 4.45. The number of benzene rings is 1. The summed E-state index contributed by atoms with van der Waals surface area (Å²) in [5, 5.41) is 4.50. The molecular weight excluding hydrogens is 301 g/mol. The van der Waals surface area contributed by atoms with Crippen LogP contribution in [0.25, 0.3) is 10.9 Å². The number of methoxy groups -OCH3 is 1. The summed E-state index contributed by atoms with van der Waals surface area (Å²) in [5.41, 5.74) is 0.410. The first-order valence-electron chi connectivity index (χ1n) is 6.55. The number of alkyl halides is 3. The van der Waals surface area contributed by atoms with Gasteiger partial charge in [0.2, 0.25) is 0 Å². The first kappa shape index (κ1) is 16.1. The lowest BCUT2D eigenvalue weighted by Crippen LogP contribution is -2.18. The van der Waals surface area contributed by atoms with Crippen LogP contribution in [0.3, 0.4) is 0 Å². The van der Waals surface area contributed by atoms with Crippen LogP contribution >= 0.6 is 0 Å². The highest BCUT2D eigenvalue weighted by atomic mass is 19.4. The van der Waals surface area contributed by atoms with Gasteiger partial charge in [-0.3, -0.25) is 4.68 Å². The van der Waals surface area contributed by atoms with Gasteiger partial charge in [0.15, 0.2) is 0 Å². The molecule has 120 valence electrons. The fourth-order valence-corrected chi connectivity index (χ4v) is 2.15. The predicted octanol–water partition coefficient (Wildman–Crippen LogP) is 3.38. The molecule has 0 saturated carbocycles. The quantitative estimate of drug-likeness (QED) is 0.812. The number of rotatable bonds is 4. The predicted molar refractivity (Wildman–Crippen MR) is 72.6 cm³/mol. The first-order valence-corrected chi connectivity index (χ1v) is 6.55. The standard InChI is InChI=1S/C14H15F3N2O3/c1-8(2)7-19-12-9(6-18-19)4-10(22-14(15,16)17)5-11(12)13(20)21-3/h4-6,8H,7H2,1-3H3. The van der Waals surface area contributed by atoms with Crippen molar-refractivity contribution >= 4 is 16.9 Å². The average Bonchev–Trinajstić information content (AvgIpc) is 2.77. The molecule has 1 aromatic carbocycles. The molecule has 0 aliphatic carbocycles. The number of fused-ring (bicyclic) bond motifs is 1. The summed E-state index contributed by atoms with van der Waals surface area (Å²) >= 11 is 0. The molecule has 0 aliphatic heterocycles. The summed E-state index contributed by atoms with van der Waals surface area (Å²) in [6.07, 6.45) is -3.44. The van der Waals surface area contributed by atoms with Crippen LogP contribution in [0.5, 0.6) is 5.75 Å². The molecule has 0 unspecified atom stereocenters. The van der Waals surface area contributed by atoms with Crippen LogP contribution in [0.2, 0.25) is 0 Å². The molecule has 0 amide bonds. The number of carbonyl (C=O) groups excluding carboxylic acids is 1. The van der Waals surface area contributed by atoms with Crippen molar-refractivity contribution in [1.29, 1.82) is 0 Å². The lowest BCUT2D eigenvalue weighted by molar-refractivity contribution is -0.274. The molecule has 0 aliphatic rings. The molecule has 8 heteroatoms. The van der Waals surface area contributed by atoms with E-state index in [0.29, 0.717) is 17.4 Å². The normalized spacial score (nSPS) is 12.0. The zero-order valence-corrected chi connectivity index (χ0v) is 12.3. The molecule has 2 rings (SSSR count). The van der Waals surface area contributed by atoms with Gasteiger partial charge >= 0.3 is 12.3 Å². The Morgan fingerprint density at radius 3 is 2.59 bits per heavy atom. The van der Waals surface area contributed by atoms with Gasteiger partial charge in [0.1, 0.15) is 5.75 Å². The van der Waals surface area contributed by atoms with E-state index in [1.54, 1.807) is 4.68 Å². The number of hydrogen-bond donors (Lipinski definition) is 0. The van der Waals surface area contributed by atoms with Gasteiger partial charge in [-0.25, -0.2) is 4.79 Å². The Balaban J connectivity index is 2.60. The fourth-order valence-electron chi connectivity index (χ4n) is 2.15. The van der Waals surface area contributed by atoms with Gasteiger partial charge in [-0.05, 0) is 18.1 Å². The van der Waals surface area contributed by atoms with E-state index in [-0.39, 0.29) is 11.5 Å². The van der Waals surface area contributed by atoms with Gasteiger partial charge in [0, 0.05) is 11.9 Å². The van der Waals surface area contributed by atoms with E-state index in [9.17, 15) is 18.0 Å². The molecule has 1 heterocycles. The summed E-state index contributed by atoms with van der Waals surface area (Å²) in [6, 6.07) is 2.21. The molecule has 0 bridgehead atoms. The molecule has 1 aromatic heterocycles. The Hall–Kier alpha value is -2.25. The first-order chi connectivity index (χ1) is 10.2. The molecule has 0 atom stereocenters. The summed E-state index contributed by atoms with van der Waals surface area (Å²) in [7, 11) is 1.16. The maximum Gasteiger partial charge on any atom is 0.573 e. The van der Waals surface area contributed by atoms with E-state index >= 15 is 0 Å². The number of nitrogens with zero attached hydrogens (tertiary/aromatic N) is 2. The number of halogens is 3. The van der Waals surface area contributed by atoms with Crippen LogP contribution < -0.4 is 4.74 Å². The van der Waals surface area contributed by atoms with E-state index in [4.69, 9.17) is 0 Å². The maximum atomic E-state index is 12.4. The molecule has 0 spiro atoms. The van der Waals surface area contributed by atoms with E-state index < -0.39 is 18.1 Å². The monoisotopic (exact) mass is 316 g/mol. The largest absolute Gasteiger partial charge is 0.573 e. The van der Waals surface area contributed by atoms with Gasteiger partial charge in [-0.15, -0.1) is 13.2 Å². The van der Waals surface area contributed by atoms with Crippen LogP contribution in [-0.2, 0) is 11.3 Å². The number of ether oxygens (including phenoxy) is 2. The van der Waals surface area contributed by atoms with Crippen LogP contribution in [0.1, 0.15) is 24.2 Å². The van der Waals surface area contributed by atoms with E-state index in [1.807, 2.05) is 13.8 Å². The molecule has 5 nitrogen and oxygen atoms in total. The van der Waals surface area contributed by atoms with Gasteiger partial charge in [0.05, 0.1) is 24.4 Å². The Labute approximate surface area is 124 Å². The topological polar surface area (TPSA) is 53.4 Å². The Kier molecular flexibility index (Phi) is 4.30. The van der Waals surface area contributed by atoms with Gasteiger partial charge < -0.3 is 9.47 Å². The molecule has 22 heavy (non-hydrogen) atoms. The second-order valence-corrected chi connectivity index (χ2v) is 5.17. The second kappa shape index (κ2) is 5.86. The Morgan fingerprint density at radius 2 is 2.05 bits per heavy atom. The summed E-state index contributed by atoms with van der Waals surface area (Å²) in [5.74, 6) is -0.979. The van der Waals surface area contributed by atoms with Crippen LogP contribution in [0, 0.1) is 5.92 Å². The smallest absolute Gasteiger partial charge is 0.465 e. The third-order valence-electron chi connectivity index (χ3n) is 2.88. The van der Waals surface area contributed by atoms with E-state index in [2.05, 4.69) is 14.6 Å². The summed E-state index contributed by atoms with van der Waals surface area (Å²) in [4.78, 5) is 11.9. The van der Waals surface area contributed by atoms with E-state index in [1.165, 1.54) is 12.3 Å². The summed E-state index contributed by atoms with van der Waals surface area (Å²) < 4.78 is 47.2. The van der Waals surface area contributed by atoms with Crippen molar-refractivity contribution in [3.05, 3.63) is 23.9 Å². The van der Waals surface area contributed by atoms with Gasteiger partial charge in [-0.2, -0.15) is 5.10 Å². The van der Waals surface area contributed by atoms with Crippen molar-refractivity contribution in [3.8, 4) is 5.75 Å². The lowest BCUT2D eigenvalue weighted by Gasteiger charge is -2.12. The Bertz CT molecular complexity index is 692. The average molecular weight is 316 g/mol. The highest BCUT2D eigenvalue weighted by Gasteiger charge is 2.32. The Morgan fingerprint density at radius 1 is 1.36 bits per heavy atom. The molecule has 0 saturated heterocycles. The van der Waals surface area contributed by atoms with Crippen LogP contribution in [0.4, 0.5) is 13.2 Å². The molecule has 2 aromatic rings. The highest BCUT2D eigenvalue weighted by Crippen LogP contribution is 2.30. The zero-order valence-electron chi connectivity index (χ0n) is 12.3. The number of aromatic nitrogens is 2. The SMILES string of the molecule is COC(=O)c1cc(OC(F)(F)F)cc2cnn(CC(C)C)c12. The van der Waals surface area contributed by atoms with Crippen molar-refractivity contribution in [1.82, 2.24) is 9.78 Å². The van der Waals surface area contributed by atoms with Crippen LogP contribution in [0.15, 0.2) is 18.3 Å². The highest BCUT2D eigenvalue weighted by molar-refractivity contribution is 6.03. The molecule has 0 fully saturated rings. The minimum Gasteiger partial charge on any atom is -0.465 e. The number of carbonyl (C=O) groups is 1.